The molecule has 0 bridgehead atoms. The number of carboxylic acids is 1. The minimum atomic E-state index is -4.21. The number of carbonyl (C=O) groups is 1. The SMILES string of the molecule is CC(C)S(=O)(=O)CC(F)(F)C(=O)O. The highest BCUT2D eigenvalue weighted by Gasteiger charge is 2.44. The molecule has 0 aromatic rings. The van der Waals surface area contributed by atoms with Gasteiger partial charge in [0.2, 0.25) is 0 Å². The van der Waals surface area contributed by atoms with E-state index >= 15 is 0 Å². The van der Waals surface area contributed by atoms with Crippen molar-refractivity contribution >= 4 is 15.8 Å². The van der Waals surface area contributed by atoms with E-state index in [4.69, 9.17) is 5.11 Å². The lowest BCUT2D eigenvalue weighted by molar-refractivity contribution is -0.161. The van der Waals surface area contributed by atoms with Crippen molar-refractivity contribution < 1.29 is 27.1 Å². The Morgan fingerprint density at radius 2 is 1.85 bits per heavy atom. The van der Waals surface area contributed by atoms with Crippen molar-refractivity contribution in [1.82, 2.24) is 0 Å². The van der Waals surface area contributed by atoms with E-state index in [0.29, 0.717) is 0 Å². The van der Waals surface area contributed by atoms with Crippen LogP contribution in [-0.2, 0) is 14.6 Å². The monoisotopic (exact) mass is 216 g/mol. The first-order chi connectivity index (χ1) is 5.59. The minimum absolute atomic E-state index is 1.00. The first-order valence-electron chi connectivity index (χ1n) is 3.42. The fraction of sp³-hybridized carbons (Fsp3) is 0.833. The largest absolute Gasteiger partial charge is 0.477 e. The molecule has 0 heterocycles. The topological polar surface area (TPSA) is 71.4 Å². The summed E-state index contributed by atoms with van der Waals surface area (Å²) in [5, 5.41) is 6.97. The van der Waals surface area contributed by atoms with Crippen molar-refractivity contribution in [3.05, 3.63) is 0 Å². The van der Waals surface area contributed by atoms with Gasteiger partial charge in [0.1, 0.15) is 5.75 Å². The third-order valence-corrected chi connectivity index (χ3v) is 3.61. The van der Waals surface area contributed by atoms with Gasteiger partial charge in [-0.1, -0.05) is 0 Å². The Morgan fingerprint density at radius 3 is 2.08 bits per heavy atom. The molecule has 78 valence electrons. The summed E-state index contributed by atoms with van der Waals surface area (Å²) in [6, 6.07) is 0. The Bertz CT molecular complexity index is 294. The number of hydrogen-bond donors (Lipinski definition) is 1. The number of halogens is 2. The molecule has 0 atom stereocenters. The van der Waals surface area contributed by atoms with E-state index in [0.717, 1.165) is 0 Å². The first kappa shape index (κ1) is 12.3. The number of alkyl halides is 2. The van der Waals surface area contributed by atoms with Crippen molar-refractivity contribution in [2.24, 2.45) is 0 Å². The predicted octanol–water partition coefficient (Wildman–Crippen LogP) is 0.529. The van der Waals surface area contributed by atoms with Crippen LogP contribution < -0.4 is 0 Å². The summed E-state index contributed by atoms with van der Waals surface area (Å²) < 4.78 is 46.7. The van der Waals surface area contributed by atoms with Crippen LogP contribution in [0.3, 0.4) is 0 Å². The summed E-state index contributed by atoms with van der Waals surface area (Å²) >= 11 is 0. The Morgan fingerprint density at radius 1 is 1.46 bits per heavy atom. The smallest absolute Gasteiger partial charge is 0.375 e. The molecule has 0 aliphatic rings. The summed E-state index contributed by atoms with van der Waals surface area (Å²) in [5.41, 5.74) is 0. The van der Waals surface area contributed by atoms with Gasteiger partial charge in [-0.25, -0.2) is 13.2 Å². The summed E-state index contributed by atoms with van der Waals surface area (Å²) in [4.78, 5) is 9.91. The second-order valence-electron chi connectivity index (χ2n) is 2.87. The molecule has 0 amide bonds. The zero-order valence-electron chi connectivity index (χ0n) is 7.12. The lowest BCUT2D eigenvalue weighted by atomic mass is 10.4. The van der Waals surface area contributed by atoms with Crippen molar-refractivity contribution in [2.45, 2.75) is 25.0 Å². The normalized spacial score (nSPS) is 13.3. The van der Waals surface area contributed by atoms with Crippen LogP contribution >= 0.6 is 0 Å². The van der Waals surface area contributed by atoms with Crippen LogP contribution in [0.5, 0.6) is 0 Å². The Balaban J connectivity index is 4.73. The summed E-state index contributed by atoms with van der Waals surface area (Å²) in [6.07, 6.45) is 0. The Kier molecular flexibility index (Phi) is 3.37. The van der Waals surface area contributed by atoms with Gasteiger partial charge in [-0.2, -0.15) is 8.78 Å². The molecule has 0 rings (SSSR count). The fourth-order valence-electron chi connectivity index (χ4n) is 0.481. The molecule has 4 nitrogen and oxygen atoms in total. The van der Waals surface area contributed by atoms with Gasteiger partial charge >= 0.3 is 11.9 Å². The average molecular weight is 216 g/mol. The van der Waals surface area contributed by atoms with E-state index in [1.54, 1.807) is 0 Å². The quantitative estimate of drug-likeness (QED) is 0.744. The summed E-state index contributed by atoms with van der Waals surface area (Å²) in [7, 11) is -4.03. The van der Waals surface area contributed by atoms with Gasteiger partial charge < -0.3 is 5.11 Å². The van der Waals surface area contributed by atoms with Crippen LogP contribution in [0.4, 0.5) is 8.78 Å². The van der Waals surface area contributed by atoms with Crippen LogP contribution in [-0.4, -0.2) is 36.4 Å². The van der Waals surface area contributed by atoms with Crippen LogP contribution in [0.25, 0.3) is 0 Å². The van der Waals surface area contributed by atoms with Crippen LogP contribution in [0.2, 0.25) is 0 Å². The highest BCUT2D eigenvalue weighted by atomic mass is 32.2. The number of sulfone groups is 1. The zero-order valence-corrected chi connectivity index (χ0v) is 7.94. The van der Waals surface area contributed by atoms with E-state index in [9.17, 15) is 22.0 Å². The highest BCUT2D eigenvalue weighted by Crippen LogP contribution is 2.18. The van der Waals surface area contributed by atoms with Gasteiger partial charge in [-0.05, 0) is 13.8 Å². The maximum absolute atomic E-state index is 12.4. The lowest BCUT2D eigenvalue weighted by Crippen LogP contribution is -2.38. The third kappa shape index (κ3) is 3.25. The van der Waals surface area contributed by atoms with Crippen molar-refractivity contribution in [1.29, 1.82) is 0 Å². The van der Waals surface area contributed by atoms with Crippen molar-refractivity contribution in [3.63, 3.8) is 0 Å². The summed E-state index contributed by atoms with van der Waals surface area (Å²) in [5.74, 6) is -8.27. The van der Waals surface area contributed by atoms with Gasteiger partial charge in [-0.3, -0.25) is 0 Å². The maximum Gasteiger partial charge on any atom is 0.375 e. The van der Waals surface area contributed by atoms with Gasteiger partial charge in [0, 0.05) is 0 Å². The van der Waals surface area contributed by atoms with Gasteiger partial charge in [0.15, 0.2) is 9.84 Å². The van der Waals surface area contributed by atoms with Crippen molar-refractivity contribution in [2.75, 3.05) is 5.75 Å². The van der Waals surface area contributed by atoms with Crippen LogP contribution in [0.1, 0.15) is 13.8 Å². The molecule has 1 N–H and O–H groups in total. The number of rotatable bonds is 4. The zero-order chi connectivity index (χ0) is 10.9. The molecule has 0 saturated carbocycles. The molecule has 0 aliphatic heterocycles. The number of carboxylic acid groups (broad SMARTS) is 1. The predicted molar refractivity (Wildman–Crippen MR) is 41.5 cm³/mol. The standard InChI is InChI=1S/C6H10F2O4S/c1-4(2)13(11,12)3-6(7,8)5(9)10/h4H,3H2,1-2H3,(H,9,10). The Hall–Kier alpha value is -0.720. The average Bonchev–Trinajstić information content (AvgIpc) is 1.83. The molecule has 0 saturated heterocycles. The second-order valence-corrected chi connectivity index (χ2v) is 5.42. The van der Waals surface area contributed by atoms with E-state index in [-0.39, 0.29) is 0 Å². The highest BCUT2D eigenvalue weighted by molar-refractivity contribution is 7.92. The van der Waals surface area contributed by atoms with Gasteiger partial charge in [0.05, 0.1) is 5.25 Å². The molecule has 0 radical (unpaired) electrons. The number of aliphatic carboxylic acids is 1. The molecule has 0 aromatic carbocycles. The van der Waals surface area contributed by atoms with E-state index < -0.39 is 32.7 Å². The van der Waals surface area contributed by atoms with Gasteiger partial charge in [-0.15, -0.1) is 0 Å². The molecule has 13 heavy (non-hydrogen) atoms. The molecule has 0 aliphatic carbocycles. The molecule has 0 spiro atoms. The third-order valence-electron chi connectivity index (χ3n) is 1.41. The van der Waals surface area contributed by atoms with Gasteiger partial charge in [0.25, 0.3) is 0 Å². The number of hydrogen-bond acceptors (Lipinski definition) is 3. The van der Waals surface area contributed by atoms with Crippen LogP contribution in [0, 0.1) is 0 Å². The van der Waals surface area contributed by atoms with E-state index in [2.05, 4.69) is 0 Å². The minimum Gasteiger partial charge on any atom is -0.477 e. The van der Waals surface area contributed by atoms with E-state index in [1.165, 1.54) is 13.8 Å². The molecule has 0 unspecified atom stereocenters. The molecule has 7 heteroatoms. The summed E-state index contributed by atoms with van der Waals surface area (Å²) in [6.45, 7) is 2.43. The molecular formula is C6H10F2O4S. The van der Waals surface area contributed by atoms with Crippen molar-refractivity contribution in [3.8, 4) is 0 Å². The second kappa shape index (κ2) is 3.57. The maximum atomic E-state index is 12.4. The molecule has 0 fully saturated rings. The molecular weight excluding hydrogens is 206 g/mol. The van der Waals surface area contributed by atoms with Crippen LogP contribution in [0.15, 0.2) is 0 Å². The lowest BCUT2D eigenvalue weighted by Gasteiger charge is -2.13. The Labute approximate surface area is 74.5 Å². The molecule has 0 aromatic heterocycles. The van der Waals surface area contributed by atoms with E-state index in [1.807, 2.05) is 0 Å². The first-order valence-corrected chi connectivity index (χ1v) is 5.14. The fourth-order valence-corrected chi connectivity index (χ4v) is 1.44.